The minimum atomic E-state index is 0.628. The lowest BCUT2D eigenvalue weighted by molar-refractivity contribution is 0.377. The summed E-state index contributed by atoms with van der Waals surface area (Å²) in [7, 11) is 0. The molecule has 0 spiro atoms. The van der Waals surface area contributed by atoms with Gasteiger partial charge in [-0.05, 0) is 25.1 Å². The van der Waals surface area contributed by atoms with Crippen molar-refractivity contribution in [2.24, 2.45) is 0 Å². The highest BCUT2D eigenvalue weighted by molar-refractivity contribution is 9.10. The second-order valence-electron chi connectivity index (χ2n) is 3.64. The van der Waals surface area contributed by atoms with Gasteiger partial charge in [0.2, 0.25) is 5.89 Å². The van der Waals surface area contributed by atoms with Gasteiger partial charge in [-0.3, -0.25) is 0 Å². The van der Waals surface area contributed by atoms with E-state index < -0.39 is 0 Å². The van der Waals surface area contributed by atoms with Crippen molar-refractivity contribution in [1.29, 1.82) is 0 Å². The van der Waals surface area contributed by atoms with E-state index in [9.17, 15) is 0 Å². The molecule has 0 bridgehead atoms. The third-order valence-corrected chi connectivity index (χ3v) is 2.73. The van der Waals surface area contributed by atoms with Crippen molar-refractivity contribution >= 4 is 27.3 Å². The van der Waals surface area contributed by atoms with Gasteiger partial charge < -0.3 is 15.6 Å². The predicted molar refractivity (Wildman–Crippen MR) is 69.8 cm³/mol. The Bertz CT molecular complexity index is 512. The van der Waals surface area contributed by atoms with Gasteiger partial charge in [0.25, 0.3) is 0 Å². The molecule has 0 fully saturated rings. The van der Waals surface area contributed by atoms with Crippen LogP contribution in [0.2, 0.25) is 0 Å². The molecule has 6 heteroatoms. The molecule has 1 aromatic heterocycles. The highest BCUT2D eigenvalue weighted by Crippen LogP contribution is 2.23. The van der Waals surface area contributed by atoms with E-state index in [0.717, 1.165) is 15.8 Å². The second kappa shape index (κ2) is 5.18. The van der Waals surface area contributed by atoms with Gasteiger partial charge >= 0.3 is 0 Å². The van der Waals surface area contributed by atoms with E-state index >= 15 is 0 Å². The molecule has 90 valence electrons. The van der Waals surface area contributed by atoms with Crippen LogP contribution in [0.5, 0.6) is 0 Å². The van der Waals surface area contributed by atoms with Crippen LogP contribution in [0.4, 0.5) is 11.4 Å². The van der Waals surface area contributed by atoms with E-state index in [2.05, 4.69) is 31.4 Å². The van der Waals surface area contributed by atoms with Crippen LogP contribution in [-0.2, 0) is 6.42 Å². The lowest BCUT2D eigenvalue weighted by Gasteiger charge is -2.08. The number of nitrogens with one attached hydrogen (secondary N) is 1. The zero-order chi connectivity index (χ0) is 12.3. The van der Waals surface area contributed by atoms with Crippen molar-refractivity contribution in [3.05, 3.63) is 34.4 Å². The van der Waals surface area contributed by atoms with Gasteiger partial charge in [-0.1, -0.05) is 21.1 Å². The summed E-state index contributed by atoms with van der Waals surface area (Å²) in [6, 6.07) is 5.69. The van der Waals surface area contributed by atoms with Crippen molar-refractivity contribution in [2.45, 2.75) is 13.3 Å². The first-order chi connectivity index (χ1) is 8.15. The highest BCUT2D eigenvalue weighted by Gasteiger charge is 2.03. The number of benzene rings is 1. The van der Waals surface area contributed by atoms with Crippen molar-refractivity contribution < 1.29 is 4.52 Å². The standard InChI is InChI=1S/C11H13BrN4O/c1-7-15-11(17-16-7)4-5-14-10-6-8(12)2-3-9(10)13/h2-3,6,14H,4-5,13H2,1H3. The number of aromatic nitrogens is 2. The third kappa shape index (κ3) is 3.20. The van der Waals surface area contributed by atoms with Gasteiger partial charge in [-0.25, -0.2) is 0 Å². The first kappa shape index (κ1) is 11.9. The molecule has 2 aromatic rings. The summed E-state index contributed by atoms with van der Waals surface area (Å²) < 4.78 is 6.00. The fourth-order valence-electron chi connectivity index (χ4n) is 1.43. The van der Waals surface area contributed by atoms with E-state index in [1.165, 1.54) is 0 Å². The van der Waals surface area contributed by atoms with Crippen LogP contribution in [0.15, 0.2) is 27.2 Å². The molecule has 3 N–H and O–H groups in total. The van der Waals surface area contributed by atoms with Gasteiger partial charge in [0.1, 0.15) is 0 Å². The Labute approximate surface area is 108 Å². The molecule has 0 aliphatic carbocycles. The molecule has 0 unspecified atom stereocenters. The number of aryl methyl sites for hydroxylation is 1. The summed E-state index contributed by atoms with van der Waals surface area (Å²) in [5.41, 5.74) is 7.45. The summed E-state index contributed by atoms with van der Waals surface area (Å²) in [6.07, 6.45) is 0.673. The first-order valence-corrected chi connectivity index (χ1v) is 6.02. The average molecular weight is 297 g/mol. The number of nitrogens with zero attached hydrogens (tertiary/aromatic N) is 2. The van der Waals surface area contributed by atoms with Crippen molar-refractivity contribution in [3.8, 4) is 0 Å². The lowest BCUT2D eigenvalue weighted by Crippen LogP contribution is -2.07. The number of hydrogen-bond acceptors (Lipinski definition) is 5. The zero-order valence-electron chi connectivity index (χ0n) is 9.40. The number of rotatable bonds is 4. The van der Waals surface area contributed by atoms with Crippen molar-refractivity contribution in [1.82, 2.24) is 10.1 Å². The van der Waals surface area contributed by atoms with Gasteiger partial charge in [0, 0.05) is 17.4 Å². The van der Waals surface area contributed by atoms with Crippen LogP contribution in [0.25, 0.3) is 0 Å². The quantitative estimate of drug-likeness (QED) is 0.847. The molecule has 0 atom stereocenters. The van der Waals surface area contributed by atoms with Gasteiger partial charge in [0.15, 0.2) is 5.82 Å². The summed E-state index contributed by atoms with van der Waals surface area (Å²) >= 11 is 3.40. The monoisotopic (exact) mass is 296 g/mol. The first-order valence-electron chi connectivity index (χ1n) is 5.23. The SMILES string of the molecule is Cc1noc(CCNc2cc(Br)ccc2N)n1. The van der Waals surface area contributed by atoms with Crippen LogP contribution in [0.1, 0.15) is 11.7 Å². The molecule has 0 radical (unpaired) electrons. The van der Waals surface area contributed by atoms with Crippen molar-refractivity contribution in [3.63, 3.8) is 0 Å². The predicted octanol–water partition coefficient (Wildman–Crippen LogP) is 2.38. The van der Waals surface area contributed by atoms with Gasteiger partial charge in [-0.2, -0.15) is 4.98 Å². The Morgan fingerprint density at radius 3 is 3.00 bits per heavy atom. The Morgan fingerprint density at radius 1 is 1.47 bits per heavy atom. The Balaban J connectivity index is 1.91. The van der Waals surface area contributed by atoms with E-state index in [1.807, 2.05) is 18.2 Å². The summed E-state index contributed by atoms with van der Waals surface area (Å²) in [5.74, 6) is 1.28. The lowest BCUT2D eigenvalue weighted by atomic mass is 10.2. The fourth-order valence-corrected chi connectivity index (χ4v) is 1.79. The van der Waals surface area contributed by atoms with Crippen LogP contribution in [-0.4, -0.2) is 16.7 Å². The van der Waals surface area contributed by atoms with Gasteiger partial charge in [0.05, 0.1) is 11.4 Å². The molecule has 1 heterocycles. The number of halogens is 1. The van der Waals surface area contributed by atoms with Crippen LogP contribution >= 0.6 is 15.9 Å². The Kier molecular flexibility index (Phi) is 3.63. The molecule has 17 heavy (non-hydrogen) atoms. The maximum atomic E-state index is 5.84. The zero-order valence-corrected chi connectivity index (χ0v) is 11.0. The maximum Gasteiger partial charge on any atom is 0.228 e. The minimum absolute atomic E-state index is 0.628. The Hall–Kier alpha value is -1.56. The number of anilines is 2. The number of nitrogen functional groups attached to an aromatic ring is 1. The van der Waals surface area contributed by atoms with E-state index in [1.54, 1.807) is 6.92 Å². The minimum Gasteiger partial charge on any atom is -0.397 e. The molecule has 0 saturated carbocycles. The summed E-state index contributed by atoms with van der Waals surface area (Å²) in [6.45, 7) is 2.50. The molecule has 0 aliphatic heterocycles. The molecule has 2 rings (SSSR count). The maximum absolute atomic E-state index is 5.84. The van der Waals surface area contributed by atoms with E-state index in [0.29, 0.717) is 24.7 Å². The molecule has 0 amide bonds. The number of nitrogens with two attached hydrogens (primary N) is 1. The molecule has 0 saturated heterocycles. The van der Waals surface area contributed by atoms with Crippen molar-refractivity contribution in [2.75, 3.05) is 17.6 Å². The largest absolute Gasteiger partial charge is 0.397 e. The molecule has 5 nitrogen and oxygen atoms in total. The average Bonchev–Trinajstić information content (AvgIpc) is 2.69. The molecule has 1 aromatic carbocycles. The van der Waals surface area contributed by atoms with E-state index in [-0.39, 0.29) is 0 Å². The molecular weight excluding hydrogens is 284 g/mol. The number of hydrogen-bond donors (Lipinski definition) is 2. The third-order valence-electron chi connectivity index (χ3n) is 2.24. The summed E-state index contributed by atoms with van der Waals surface area (Å²) in [4.78, 5) is 4.12. The highest BCUT2D eigenvalue weighted by atomic mass is 79.9. The molecular formula is C11H13BrN4O. The normalized spacial score (nSPS) is 10.5. The topological polar surface area (TPSA) is 77.0 Å². The van der Waals surface area contributed by atoms with Gasteiger partial charge in [-0.15, -0.1) is 0 Å². The van der Waals surface area contributed by atoms with E-state index in [4.69, 9.17) is 10.3 Å². The molecule has 0 aliphatic rings. The van der Waals surface area contributed by atoms with Crippen LogP contribution in [0, 0.1) is 6.92 Å². The second-order valence-corrected chi connectivity index (χ2v) is 4.56. The fraction of sp³-hybridized carbons (Fsp3) is 0.273. The summed E-state index contributed by atoms with van der Waals surface area (Å²) in [5, 5.41) is 6.96. The smallest absolute Gasteiger partial charge is 0.228 e. The Morgan fingerprint density at radius 2 is 2.29 bits per heavy atom. The van der Waals surface area contributed by atoms with Crippen LogP contribution in [0.3, 0.4) is 0 Å². The van der Waals surface area contributed by atoms with Crippen LogP contribution < -0.4 is 11.1 Å².